The third kappa shape index (κ3) is 6.16. The summed E-state index contributed by atoms with van der Waals surface area (Å²) >= 11 is 0. The molecule has 0 saturated carbocycles. The van der Waals surface area contributed by atoms with Crippen molar-refractivity contribution in [2.75, 3.05) is 79.0 Å². The van der Waals surface area contributed by atoms with Crippen molar-refractivity contribution in [3.8, 4) is 0 Å². The molecule has 11 heteroatoms. The highest BCUT2D eigenvalue weighted by Crippen LogP contribution is 2.14. The molecule has 2 aliphatic heterocycles. The molecule has 2 fully saturated rings. The molecule has 0 aromatic carbocycles. The van der Waals surface area contributed by atoms with E-state index in [9.17, 15) is 18.0 Å². The fourth-order valence-electron chi connectivity index (χ4n) is 3.00. The maximum Gasteiger partial charge on any atom is 0.282 e. The topological polar surface area (TPSA) is 105 Å². The Morgan fingerprint density at radius 3 is 1.88 bits per heavy atom. The first kappa shape index (κ1) is 21.0. The molecule has 2 amide bonds. The van der Waals surface area contributed by atoms with Gasteiger partial charge in [0.05, 0.1) is 6.54 Å². The van der Waals surface area contributed by atoms with Gasteiger partial charge in [-0.25, -0.2) is 0 Å². The molecule has 2 N–H and O–H groups in total. The zero-order valence-electron chi connectivity index (χ0n) is 15.6. The molecule has 0 aliphatic carbocycles. The Morgan fingerprint density at radius 1 is 0.846 bits per heavy atom. The van der Waals surface area contributed by atoms with Crippen LogP contribution in [0.15, 0.2) is 0 Å². The van der Waals surface area contributed by atoms with Gasteiger partial charge in [0.2, 0.25) is 11.8 Å². The van der Waals surface area contributed by atoms with Gasteiger partial charge in [-0.1, -0.05) is 0 Å². The SMILES string of the molecule is CC(=O)NCCNC(=O)CN1CCN(S(=O)(=O)N2CCN(C)CC2)CC1. The van der Waals surface area contributed by atoms with Gasteiger partial charge in [-0.15, -0.1) is 0 Å². The largest absolute Gasteiger partial charge is 0.355 e. The molecule has 2 aliphatic rings. The Hall–Kier alpha value is -1.27. The van der Waals surface area contributed by atoms with E-state index in [0.29, 0.717) is 52.4 Å². The van der Waals surface area contributed by atoms with Crippen molar-refractivity contribution >= 4 is 22.0 Å². The molecule has 0 aromatic heterocycles. The van der Waals surface area contributed by atoms with Crippen LogP contribution in [0.1, 0.15) is 6.92 Å². The molecule has 0 atom stereocenters. The Morgan fingerprint density at radius 2 is 1.35 bits per heavy atom. The molecular weight excluding hydrogens is 360 g/mol. The van der Waals surface area contributed by atoms with Crippen molar-refractivity contribution in [2.45, 2.75) is 6.92 Å². The van der Waals surface area contributed by atoms with Gasteiger partial charge in [-0.3, -0.25) is 14.5 Å². The molecular formula is C15H30N6O4S. The van der Waals surface area contributed by atoms with Gasteiger partial charge in [0, 0.05) is 72.4 Å². The summed E-state index contributed by atoms with van der Waals surface area (Å²) in [6.07, 6.45) is 0. The van der Waals surface area contributed by atoms with Crippen molar-refractivity contribution in [1.82, 2.24) is 29.0 Å². The second kappa shape index (κ2) is 9.60. The van der Waals surface area contributed by atoms with Crippen molar-refractivity contribution in [3.63, 3.8) is 0 Å². The summed E-state index contributed by atoms with van der Waals surface area (Å²) < 4.78 is 28.5. The van der Waals surface area contributed by atoms with Gasteiger partial charge in [-0.05, 0) is 7.05 Å². The smallest absolute Gasteiger partial charge is 0.282 e. The van der Waals surface area contributed by atoms with Gasteiger partial charge in [0.1, 0.15) is 0 Å². The summed E-state index contributed by atoms with van der Waals surface area (Å²) in [6, 6.07) is 0. The number of carbonyl (C=O) groups excluding carboxylic acids is 2. The summed E-state index contributed by atoms with van der Waals surface area (Å²) in [7, 11) is -1.42. The molecule has 2 saturated heterocycles. The van der Waals surface area contributed by atoms with Crippen LogP contribution in [0.4, 0.5) is 0 Å². The predicted octanol–water partition coefficient (Wildman–Crippen LogP) is -2.65. The molecule has 0 radical (unpaired) electrons. The molecule has 0 aromatic rings. The van der Waals surface area contributed by atoms with Gasteiger partial charge < -0.3 is 15.5 Å². The number of hydrogen-bond donors (Lipinski definition) is 2. The van der Waals surface area contributed by atoms with Crippen LogP contribution in [0.5, 0.6) is 0 Å². The Labute approximate surface area is 155 Å². The van der Waals surface area contributed by atoms with Crippen LogP contribution >= 0.6 is 0 Å². The maximum atomic E-state index is 12.7. The molecule has 0 spiro atoms. The van der Waals surface area contributed by atoms with Crippen LogP contribution < -0.4 is 10.6 Å². The summed E-state index contributed by atoms with van der Waals surface area (Å²) in [5, 5.41) is 5.36. The molecule has 26 heavy (non-hydrogen) atoms. The highest BCUT2D eigenvalue weighted by atomic mass is 32.2. The predicted molar refractivity (Wildman–Crippen MR) is 97.7 cm³/mol. The molecule has 10 nitrogen and oxygen atoms in total. The second-order valence-corrected chi connectivity index (χ2v) is 8.65. The van der Waals surface area contributed by atoms with E-state index in [0.717, 1.165) is 13.1 Å². The minimum atomic E-state index is -3.41. The van der Waals surface area contributed by atoms with Gasteiger partial charge in [0.25, 0.3) is 10.2 Å². The van der Waals surface area contributed by atoms with E-state index < -0.39 is 10.2 Å². The first-order valence-corrected chi connectivity index (χ1v) is 10.4. The monoisotopic (exact) mass is 390 g/mol. The Bertz CT molecular complexity index is 583. The van der Waals surface area contributed by atoms with Gasteiger partial charge >= 0.3 is 0 Å². The molecule has 0 unspecified atom stereocenters. The van der Waals surface area contributed by atoms with E-state index in [-0.39, 0.29) is 18.4 Å². The highest BCUT2D eigenvalue weighted by molar-refractivity contribution is 7.86. The zero-order chi connectivity index (χ0) is 19.2. The Balaban J connectivity index is 1.71. The fourth-order valence-corrected chi connectivity index (χ4v) is 4.58. The zero-order valence-corrected chi connectivity index (χ0v) is 16.4. The van der Waals surface area contributed by atoms with E-state index in [2.05, 4.69) is 15.5 Å². The lowest BCUT2D eigenvalue weighted by Gasteiger charge is -2.38. The molecule has 150 valence electrons. The van der Waals surface area contributed by atoms with Gasteiger partial charge in [0.15, 0.2) is 0 Å². The van der Waals surface area contributed by atoms with Crippen molar-refractivity contribution in [3.05, 3.63) is 0 Å². The van der Waals surface area contributed by atoms with E-state index in [1.54, 1.807) is 4.31 Å². The number of nitrogens with one attached hydrogen (secondary N) is 2. The normalized spacial score (nSPS) is 21.5. The van der Waals surface area contributed by atoms with Crippen LogP contribution in [0.3, 0.4) is 0 Å². The summed E-state index contributed by atoms with van der Waals surface area (Å²) in [6.45, 7) is 6.86. The summed E-state index contributed by atoms with van der Waals surface area (Å²) in [5.41, 5.74) is 0. The van der Waals surface area contributed by atoms with Crippen molar-refractivity contribution in [1.29, 1.82) is 0 Å². The van der Waals surface area contributed by atoms with Crippen LogP contribution in [-0.2, 0) is 19.8 Å². The minimum absolute atomic E-state index is 0.120. The fraction of sp³-hybridized carbons (Fsp3) is 0.867. The minimum Gasteiger partial charge on any atom is -0.355 e. The van der Waals surface area contributed by atoms with E-state index in [1.807, 2.05) is 11.9 Å². The average Bonchev–Trinajstić information content (AvgIpc) is 2.59. The van der Waals surface area contributed by atoms with Crippen LogP contribution in [0.2, 0.25) is 0 Å². The first-order valence-electron chi connectivity index (χ1n) is 8.96. The third-order valence-electron chi connectivity index (χ3n) is 4.63. The summed E-state index contributed by atoms with van der Waals surface area (Å²) in [4.78, 5) is 26.7. The van der Waals surface area contributed by atoms with E-state index in [4.69, 9.17) is 0 Å². The van der Waals surface area contributed by atoms with Crippen LogP contribution in [0.25, 0.3) is 0 Å². The molecule has 2 heterocycles. The molecule has 2 rings (SSSR count). The number of rotatable bonds is 7. The van der Waals surface area contributed by atoms with Crippen LogP contribution in [0, 0.1) is 0 Å². The number of piperazine rings is 2. The maximum absolute atomic E-state index is 12.7. The quantitative estimate of drug-likeness (QED) is 0.460. The van der Waals surface area contributed by atoms with E-state index in [1.165, 1.54) is 11.2 Å². The second-order valence-electron chi connectivity index (χ2n) is 6.72. The number of likely N-dealkylation sites (N-methyl/N-ethyl adjacent to an activating group) is 1. The third-order valence-corrected chi connectivity index (χ3v) is 6.67. The highest BCUT2D eigenvalue weighted by Gasteiger charge is 2.33. The summed E-state index contributed by atoms with van der Waals surface area (Å²) in [5.74, 6) is -0.248. The Kier molecular flexibility index (Phi) is 7.77. The standard InChI is InChI=1S/C15H30N6O4S/c1-14(22)16-3-4-17-15(23)13-19-7-11-21(12-8-19)26(24,25)20-9-5-18(2)6-10-20/h3-13H2,1-2H3,(H,16,22)(H,17,23). The number of carbonyl (C=O) groups is 2. The number of amides is 2. The lowest BCUT2D eigenvalue weighted by molar-refractivity contribution is -0.123. The lowest BCUT2D eigenvalue weighted by Crippen LogP contribution is -2.57. The van der Waals surface area contributed by atoms with Crippen LogP contribution in [-0.4, -0.2) is 118 Å². The molecule has 0 bridgehead atoms. The lowest BCUT2D eigenvalue weighted by atomic mass is 10.3. The van der Waals surface area contributed by atoms with Gasteiger partial charge in [-0.2, -0.15) is 17.0 Å². The van der Waals surface area contributed by atoms with Crippen molar-refractivity contribution < 1.29 is 18.0 Å². The average molecular weight is 391 g/mol. The number of nitrogens with zero attached hydrogens (tertiary/aromatic N) is 4. The number of hydrogen-bond acceptors (Lipinski definition) is 6. The van der Waals surface area contributed by atoms with E-state index >= 15 is 0 Å². The first-order chi connectivity index (χ1) is 12.3. The van der Waals surface area contributed by atoms with Crippen molar-refractivity contribution in [2.24, 2.45) is 0 Å².